The number of nitrogens with one attached hydrogen (secondary N) is 2. The number of halogens is 3. The molecule has 0 aliphatic carbocycles. The van der Waals surface area contributed by atoms with Crippen molar-refractivity contribution in [3.63, 3.8) is 0 Å². The second-order valence-corrected chi connectivity index (χ2v) is 6.60. The summed E-state index contributed by atoms with van der Waals surface area (Å²) in [4.78, 5) is 16.0. The highest BCUT2D eigenvalue weighted by atomic mass is 19.4. The van der Waals surface area contributed by atoms with E-state index >= 15 is 0 Å². The number of anilines is 1. The van der Waals surface area contributed by atoms with Crippen LogP contribution < -0.4 is 10.6 Å². The SMILES string of the molecule is Cc1c(C(=O)Nc2ccc3oc(C(F)(F)F)nc3c2)nnn1C1CCNCC1. The second kappa shape index (κ2) is 6.89. The standard InChI is InChI=1S/C17H17F3N6O2/c1-9-14(24-25-26(9)11-4-6-21-7-5-11)15(27)22-10-2-3-13-12(8-10)23-16(28-13)17(18,19)20/h2-3,8,11,21H,4-7H2,1H3,(H,22,27). The topological polar surface area (TPSA) is 97.9 Å². The number of rotatable bonds is 3. The Hall–Kier alpha value is -2.95. The predicted octanol–water partition coefficient (Wildman–Crippen LogP) is 2.92. The maximum absolute atomic E-state index is 12.7. The number of hydrogen-bond acceptors (Lipinski definition) is 6. The summed E-state index contributed by atoms with van der Waals surface area (Å²) in [5, 5.41) is 14.0. The zero-order valence-electron chi connectivity index (χ0n) is 14.9. The van der Waals surface area contributed by atoms with Crippen molar-refractivity contribution in [2.24, 2.45) is 0 Å². The predicted molar refractivity (Wildman–Crippen MR) is 92.9 cm³/mol. The van der Waals surface area contributed by atoms with E-state index in [0.29, 0.717) is 5.69 Å². The summed E-state index contributed by atoms with van der Waals surface area (Å²) in [5.41, 5.74) is 1.09. The van der Waals surface area contributed by atoms with Crippen LogP contribution in [0.25, 0.3) is 11.1 Å². The largest absolute Gasteiger partial charge is 0.468 e. The molecule has 4 rings (SSSR count). The van der Waals surface area contributed by atoms with E-state index in [1.54, 1.807) is 11.6 Å². The summed E-state index contributed by atoms with van der Waals surface area (Å²) >= 11 is 0. The third-order valence-corrected chi connectivity index (χ3v) is 4.68. The Bertz CT molecular complexity index is 1020. The van der Waals surface area contributed by atoms with Crippen molar-refractivity contribution in [1.82, 2.24) is 25.3 Å². The lowest BCUT2D eigenvalue weighted by Gasteiger charge is -2.23. The summed E-state index contributed by atoms with van der Waals surface area (Å²) in [6, 6.07) is 4.27. The summed E-state index contributed by atoms with van der Waals surface area (Å²) in [6.45, 7) is 3.53. The van der Waals surface area contributed by atoms with Crippen LogP contribution in [0.2, 0.25) is 0 Å². The third-order valence-electron chi connectivity index (χ3n) is 4.68. The number of alkyl halides is 3. The minimum Gasteiger partial charge on any atom is -0.433 e. The monoisotopic (exact) mass is 394 g/mol. The number of nitrogens with zero attached hydrogens (tertiary/aromatic N) is 4. The molecule has 1 fully saturated rings. The molecule has 0 saturated carbocycles. The van der Waals surface area contributed by atoms with E-state index in [1.165, 1.54) is 18.2 Å². The molecule has 3 aromatic rings. The van der Waals surface area contributed by atoms with Gasteiger partial charge >= 0.3 is 12.1 Å². The van der Waals surface area contributed by atoms with Gasteiger partial charge in [0.1, 0.15) is 5.52 Å². The molecule has 1 saturated heterocycles. The van der Waals surface area contributed by atoms with Crippen molar-refractivity contribution < 1.29 is 22.4 Å². The first-order valence-corrected chi connectivity index (χ1v) is 8.74. The molecule has 1 aliphatic rings. The average Bonchev–Trinajstić information content (AvgIpc) is 3.25. The van der Waals surface area contributed by atoms with Crippen LogP contribution in [0.1, 0.15) is 41.0 Å². The van der Waals surface area contributed by atoms with E-state index < -0.39 is 18.0 Å². The van der Waals surface area contributed by atoms with E-state index in [2.05, 4.69) is 30.3 Å². The van der Waals surface area contributed by atoms with Crippen molar-refractivity contribution >= 4 is 22.7 Å². The Morgan fingerprint density at radius 2 is 2.07 bits per heavy atom. The Balaban J connectivity index is 1.54. The molecule has 2 N–H and O–H groups in total. The maximum atomic E-state index is 12.7. The minimum atomic E-state index is -4.67. The molecule has 148 valence electrons. The number of fused-ring (bicyclic) bond motifs is 1. The zero-order chi connectivity index (χ0) is 19.9. The van der Waals surface area contributed by atoms with E-state index in [4.69, 9.17) is 0 Å². The first-order valence-electron chi connectivity index (χ1n) is 8.74. The fourth-order valence-corrected chi connectivity index (χ4v) is 3.27. The number of carbonyl (C=O) groups is 1. The third kappa shape index (κ3) is 3.44. The number of oxazole rings is 1. The molecule has 3 heterocycles. The average molecular weight is 394 g/mol. The molecule has 0 spiro atoms. The van der Waals surface area contributed by atoms with E-state index in [1.807, 2.05) is 0 Å². The van der Waals surface area contributed by atoms with Gasteiger partial charge in [-0.2, -0.15) is 13.2 Å². The molecule has 8 nitrogen and oxygen atoms in total. The molecule has 0 bridgehead atoms. The van der Waals surface area contributed by atoms with Crippen molar-refractivity contribution in [2.75, 3.05) is 18.4 Å². The zero-order valence-corrected chi connectivity index (χ0v) is 14.9. The molecule has 28 heavy (non-hydrogen) atoms. The molecule has 1 aromatic carbocycles. The van der Waals surface area contributed by atoms with Crippen molar-refractivity contribution in [3.05, 3.63) is 35.5 Å². The number of hydrogen-bond donors (Lipinski definition) is 2. The number of benzene rings is 1. The van der Waals surface area contributed by atoms with Crippen LogP contribution in [0.3, 0.4) is 0 Å². The lowest BCUT2D eigenvalue weighted by molar-refractivity contribution is -0.156. The highest BCUT2D eigenvalue weighted by Crippen LogP contribution is 2.32. The van der Waals surface area contributed by atoms with E-state index in [9.17, 15) is 18.0 Å². The lowest BCUT2D eigenvalue weighted by atomic mass is 10.1. The van der Waals surface area contributed by atoms with Gasteiger partial charge in [0, 0.05) is 5.69 Å². The van der Waals surface area contributed by atoms with Crippen LogP contribution in [-0.4, -0.2) is 39.0 Å². The van der Waals surface area contributed by atoms with Gasteiger partial charge in [-0.3, -0.25) is 4.79 Å². The lowest BCUT2D eigenvalue weighted by Crippen LogP contribution is -2.30. The number of piperidine rings is 1. The van der Waals surface area contributed by atoms with Crippen LogP contribution in [0.15, 0.2) is 22.6 Å². The minimum absolute atomic E-state index is 0.000192. The summed E-state index contributed by atoms with van der Waals surface area (Å²) in [7, 11) is 0. The van der Waals surface area contributed by atoms with E-state index in [-0.39, 0.29) is 28.5 Å². The molecule has 0 atom stereocenters. The summed E-state index contributed by atoms with van der Waals surface area (Å²) in [6.07, 6.45) is -2.88. The highest BCUT2D eigenvalue weighted by Gasteiger charge is 2.37. The molecule has 2 aromatic heterocycles. The van der Waals surface area contributed by atoms with Gasteiger partial charge in [0.2, 0.25) is 0 Å². The van der Waals surface area contributed by atoms with Crippen LogP contribution in [0.5, 0.6) is 0 Å². The van der Waals surface area contributed by atoms with Crippen LogP contribution in [-0.2, 0) is 6.18 Å². The maximum Gasteiger partial charge on any atom is 0.468 e. The Kier molecular flexibility index (Phi) is 4.53. The molecule has 0 unspecified atom stereocenters. The summed E-state index contributed by atoms with van der Waals surface area (Å²) < 4.78 is 44.6. The van der Waals surface area contributed by atoms with Gasteiger partial charge in [-0.1, -0.05) is 5.21 Å². The highest BCUT2D eigenvalue weighted by molar-refractivity contribution is 6.04. The van der Waals surface area contributed by atoms with Crippen LogP contribution >= 0.6 is 0 Å². The fraction of sp³-hybridized carbons (Fsp3) is 0.412. The Labute approximate surface area is 157 Å². The normalized spacial score (nSPS) is 15.9. The molecular formula is C17H17F3N6O2. The van der Waals surface area contributed by atoms with Crippen LogP contribution in [0, 0.1) is 6.92 Å². The van der Waals surface area contributed by atoms with Gasteiger partial charge in [0.15, 0.2) is 11.3 Å². The number of carbonyl (C=O) groups excluding carboxylic acids is 1. The first-order chi connectivity index (χ1) is 13.3. The summed E-state index contributed by atoms with van der Waals surface area (Å²) in [5.74, 6) is -1.82. The first kappa shape index (κ1) is 18.4. The van der Waals surface area contributed by atoms with Gasteiger partial charge in [0.05, 0.1) is 11.7 Å². The second-order valence-electron chi connectivity index (χ2n) is 6.60. The van der Waals surface area contributed by atoms with Gasteiger partial charge in [0.25, 0.3) is 5.91 Å². The Morgan fingerprint density at radius 1 is 1.32 bits per heavy atom. The van der Waals surface area contributed by atoms with Gasteiger partial charge in [-0.05, 0) is 51.1 Å². The molecule has 1 aliphatic heterocycles. The molecular weight excluding hydrogens is 377 g/mol. The van der Waals surface area contributed by atoms with E-state index in [0.717, 1.165) is 25.9 Å². The number of amides is 1. The Morgan fingerprint density at radius 3 is 2.79 bits per heavy atom. The van der Waals surface area contributed by atoms with Crippen molar-refractivity contribution in [3.8, 4) is 0 Å². The smallest absolute Gasteiger partial charge is 0.433 e. The van der Waals surface area contributed by atoms with Crippen molar-refractivity contribution in [2.45, 2.75) is 32.0 Å². The molecule has 0 radical (unpaired) electrons. The van der Waals surface area contributed by atoms with Gasteiger partial charge in [-0.15, -0.1) is 5.10 Å². The molecule has 11 heteroatoms. The quantitative estimate of drug-likeness (QED) is 0.709. The van der Waals surface area contributed by atoms with Gasteiger partial charge < -0.3 is 15.1 Å². The van der Waals surface area contributed by atoms with Crippen molar-refractivity contribution in [1.29, 1.82) is 0 Å². The van der Waals surface area contributed by atoms with Gasteiger partial charge in [-0.25, -0.2) is 9.67 Å². The number of aromatic nitrogens is 4. The van der Waals surface area contributed by atoms with Crippen LogP contribution in [0.4, 0.5) is 18.9 Å². The fourth-order valence-electron chi connectivity index (χ4n) is 3.27. The molecule has 1 amide bonds.